The van der Waals surface area contributed by atoms with E-state index in [-0.39, 0.29) is 18.4 Å². The summed E-state index contributed by atoms with van der Waals surface area (Å²) in [5.74, 6) is -0.196. The molecule has 0 saturated heterocycles. The van der Waals surface area contributed by atoms with E-state index in [4.69, 9.17) is 9.66 Å². The van der Waals surface area contributed by atoms with Gasteiger partial charge in [-0.15, -0.1) is 0 Å². The quantitative estimate of drug-likeness (QED) is 0.447. The molecule has 1 rings (SSSR count). The molecule has 3 N–H and O–H groups in total. The highest BCUT2D eigenvalue weighted by molar-refractivity contribution is 7.85. The van der Waals surface area contributed by atoms with Gasteiger partial charge in [-0.1, -0.05) is 30.3 Å². The van der Waals surface area contributed by atoms with Crippen LogP contribution >= 0.6 is 0 Å². The van der Waals surface area contributed by atoms with E-state index in [1.165, 1.54) is 5.56 Å². The van der Waals surface area contributed by atoms with Crippen molar-refractivity contribution in [3.63, 3.8) is 0 Å². The van der Waals surface area contributed by atoms with Gasteiger partial charge in [0.15, 0.2) is 0 Å². The van der Waals surface area contributed by atoms with Crippen LogP contribution in [-0.2, 0) is 16.5 Å². The molecule has 5 nitrogen and oxygen atoms in total. The van der Waals surface area contributed by atoms with Gasteiger partial charge < -0.3 is 10.4 Å². The average Bonchev–Trinajstić information content (AvgIpc) is 2.38. The lowest BCUT2D eigenvalue weighted by molar-refractivity contribution is 0.263. The molecule has 0 aliphatic rings. The lowest BCUT2D eigenvalue weighted by Gasteiger charge is -2.17. The maximum absolute atomic E-state index is 10.6. The Hall–Kier alpha value is -0.950. The molecule has 20 heavy (non-hydrogen) atoms. The summed E-state index contributed by atoms with van der Waals surface area (Å²) in [5, 5.41) is 12.4. The molecule has 1 unspecified atom stereocenters. The Kier molecular flexibility index (Phi) is 7.76. The van der Waals surface area contributed by atoms with Crippen molar-refractivity contribution in [3.8, 4) is 0 Å². The van der Waals surface area contributed by atoms with Crippen molar-refractivity contribution in [2.24, 2.45) is 0 Å². The summed E-state index contributed by atoms with van der Waals surface area (Å²) in [5.41, 5.74) is 1.20. The van der Waals surface area contributed by atoms with Crippen LogP contribution in [0.25, 0.3) is 0 Å². The predicted molar refractivity (Wildman–Crippen MR) is 79.3 cm³/mol. The van der Waals surface area contributed by atoms with Gasteiger partial charge >= 0.3 is 0 Å². The molecule has 0 aliphatic heterocycles. The van der Waals surface area contributed by atoms with Crippen LogP contribution in [0.2, 0.25) is 0 Å². The Balaban J connectivity index is 2.29. The van der Waals surface area contributed by atoms with E-state index in [1.807, 2.05) is 30.3 Å². The van der Waals surface area contributed by atoms with E-state index in [9.17, 15) is 8.42 Å². The Bertz CT molecular complexity index is 461. The molecule has 0 spiro atoms. The fourth-order valence-electron chi connectivity index (χ4n) is 2.05. The number of aliphatic hydroxyl groups excluding tert-OH is 1. The van der Waals surface area contributed by atoms with Crippen LogP contribution in [-0.4, -0.2) is 43.0 Å². The van der Waals surface area contributed by atoms with Crippen LogP contribution in [0.4, 0.5) is 0 Å². The second kappa shape index (κ2) is 9.07. The molecular formula is C14H23NO4S. The van der Waals surface area contributed by atoms with E-state index in [1.54, 1.807) is 0 Å². The SMILES string of the molecule is O=S(=O)(O)CCCCNC(CCO)Cc1ccccc1. The van der Waals surface area contributed by atoms with E-state index in [0.29, 0.717) is 25.8 Å². The predicted octanol–water partition coefficient (Wildman–Crippen LogP) is 1.24. The van der Waals surface area contributed by atoms with E-state index >= 15 is 0 Å². The van der Waals surface area contributed by atoms with Gasteiger partial charge in [0, 0.05) is 12.6 Å². The van der Waals surface area contributed by atoms with E-state index < -0.39 is 10.1 Å². The van der Waals surface area contributed by atoms with Crippen molar-refractivity contribution < 1.29 is 18.1 Å². The highest BCUT2D eigenvalue weighted by atomic mass is 32.2. The van der Waals surface area contributed by atoms with Crippen LogP contribution in [0.15, 0.2) is 30.3 Å². The Morgan fingerprint density at radius 2 is 1.85 bits per heavy atom. The van der Waals surface area contributed by atoms with Crippen LogP contribution in [0.1, 0.15) is 24.8 Å². The average molecular weight is 301 g/mol. The zero-order chi connectivity index (χ0) is 14.8. The number of aliphatic hydroxyl groups is 1. The van der Waals surface area contributed by atoms with Crippen molar-refractivity contribution in [2.75, 3.05) is 18.9 Å². The molecule has 0 heterocycles. The number of hydrogen-bond donors (Lipinski definition) is 3. The van der Waals surface area contributed by atoms with Gasteiger partial charge in [-0.2, -0.15) is 8.42 Å². The van der Waals surface area contributed by atoms with Crippen molar-refractivity contribution in [1.29, 1.82) is 0 Å². The zero-order valence-corrected chi connectivity index (χ0v) is 12.3. The Morgan fingerprint density at radius 3 is 2.45 bits per heavy atom. The molecule has 0 aromatic heterocycles. The molecule has 1 aromatic rings. The largest absolute Gasteiger partial charge is 0.396 e. The van der Waals surface area contributed by atoms with Crippen molar-refractivity contribution >= 4 is 10.1 Å². The van der Waals surface area contributed by atoms with Gasteiger partial charge in [-0.3, -0.25) is 4.55 Å². The van der Waals surface area contributed by atoms with Gasteiger partial charge in [0.2, 0.25) is 0 Å². The molecule has 1 atom stereocenters. The van der Waals surface area contributed by atoms with Crippen molar-refractivity contribution in [2.45, 2.75) is 31.7 Å². The first-order valence-electron chi connectivity index (χ1n) is 6.84. The van der Waals surface area contributed by atoms with Crippen molar-refractivity contribution in [3.05, 3.63) is 35.9 Å². The van der Waals surface area contributed by atoms with Gasteiger partial charge in [-0.05, 0) is 37.8 Å². The minimum atomic E-state index is -3.85. The second-order valence-electron chi connectivity index (χ2n) is 4.85. The van der Waals surface area contributed by atoms with E-state index in [2.05, 4.69) is 5.32 Å². The first kappa shape index (κ1) is 17.1. The number of rotatable bonds is 10. The minimum absolute atomic E-state index is 0.121. The van der Waals surface area contributed by atoms with Gasteiger partial charge in [0.05, 0.1) is 5.75 Å². The summed E-state index contributed by atoms with van der Waals surface area (Å²) in [4.78, 5) is 0. The molecule has 0 radical (unpaired) electrons. The first-order chi connectivity index (χ1) is 9.51. The summed E-state index contributed by atoms with van der Waals surface area (Å²) in [6.45, 7) is 0.794. The van der Waals surface area contributed by atoms with Crippen LogP contribution in [0.3, 0.4) is 0 Å². The Labute approximate surface area is 120 Å². The molecule has 114 valence electrons. The number of nitrogens with one attached hydrogen (secondary N) is 1. The maximum atomic E-state index is 10.6. The van der Waals surface area contributed by atoms with Crippen LogP contribution in [0, 0.1) is 0 Å². The summed E-state index contributed by atoms with van der Waals surface area (Å²) in [7, 11) is -3.85. The monoisotopic (exact) mass is 301 g/mol. The molecule has 1 aromatic carbocycles. The van der Waals surface area contributed by atoms with Crippen molar-refractivity contribution in [1.82, 2.24) is 5.32 Å². The fourth-order valence-corrected chi connectivity index (χ4v) is 2.62. The highest BCUT2D eigenvalue weighted by Gasteiger charge is 2.09. The smallest absolute Gasteiger partial charge is 0.264 e. The molecule has 0 saturated carbocycles. The van der Waals surface area contributed by atoms with Gasteiger partial charge in [-0.25, -0.2) is 0 Å². The molecule has 0 bridgehead atoms. The molecule has 0 fully saturated rings. The zero-order valence-electron chi connectivity index (χ0n) is 11.5. The van der Waals surface area contributed by atoms with Gasteiger partial charge in [0.25, 0.3) is 10.1 Å². The maximum Gasteiger partial charge on any atom is 0.264 e. The molecule has 0 aliphatic carbocycles. The third-order valence-electron chi connectivity index (χ3n) is 3.06. The fraction of sp³-hybridized carbons (Fsp3) is 0.571. The first-order valence-corrected chi connectivity index (χ1v) is 8.45. The normalized spacial score (nSPS) is 13.3. The lowest BCUT2D eigenvalue weighted by Crippen LogP contribution is -2.33. The summed E-state index contributed by atoms with van der Waals surface area (Å²) < 4.78 is 29.8. The van der Waals surface area contributed by atoms with Gasteiger partial charge in [0.1, 0.15) is 0 Å². The van der Waals surface area contributed by atoms with E-state index in [0.717, 1.165) is 6.42 Å². The number of benzene rings is 1. The standard InChI is InChI=1S/C14H23NO4S/c16-10-8-14(12-13-6-2-1-3-7-13)15-9-4-5-11-20(17,18)19/h1-3,6-7,14-16H,4-5,8-12H2,(H,17,18,19). The second-order valence-corrected chi connectivity index (χ2v) is 6.42. The third-order valence-corrected chi connectivity index (χ3v) is 3.87. The molecule has 0 amide bonds. The summed E-state index contributed by atoms with van der Waals surface area (Å²) in [6.07, 6.45) is 2.60. The minimum Gasteiger partial charge on any atom is -0.396 e. The molecule has 6 heteroatoms. The van der Waals surface area contributed by atoms with Crippen LogP contribution < -0.4 is 5.32 Å². The Morgan fingerprint density at radius 1 is 1.15 bits per heavy atom. The molecular weight excluding hydrogens is 278 g/mol. The summed E-state index contributed by atoms with van der Waals surface area (Å²) in [6, 6.07) is 10.2. The third kappa shape index (κ3) is 8.27. The van der Waals surface area contributed by atoms with Crippen LogP contribution in [0.5, 0.6) is 0 Å². The number of unbranched alkanes of at least 4 members (excludes halogenated alkanes) is 1. The topological polar surface area (TPSA) is 86.6 Å². The number of hydrogen-bond acceptors (Lipinski definition) is 4. The summed E-state index contributed by atoms with van der Waals surface area (Å²) >= 11 is 0. The lowest BCUT2D eigenvalue weighted by atomic mass is 10.0. The highest BCUT2D eigenvalue weighted by Crippen LogP contribution is 2.06.